The molecule has 0 aliphatic heterocycles. The second-order valence-electron chi connectivity index (χ2n) is 3.33. The number of carbonyl (C=O) groups excluding carboxylic acids is 1. The molecule has 0 unspecified atom stereocenters. The van der Waals surface area contributed by atoms with E-state index in [1.54, 1.807) is 0 Å². The first-order chi connectivity index (χ1) is 8.40. The van der Waals surface area contributed by atoms with Crippen molar-refractivity contribution in [3.63, 3.8) is 0 Å². The first-order valence-electron chi connectivity index (χ1n) is 4.99. The molecule has 0 aliphatic carbocycles. The van der Waals surface area contributed by atoms with Gasteiger partial charge in [0.1, 0.15) is 5.56 Å². The lowest BCUT2D eigenvalue weighted by atomic mass is 10.1. The fraction of sp³-hybridized carbons (Fsp3) is 0.400. The molecule has 0 amide bonds. The molecule has 0 saturated carbocycles. The average molecular weight is 260 g/mol. The van der Waals surface area contributed by atoms with Crippen LogP contribution in [0.15, 0.2) is 6.20 Å². The van der Waals surface area contributed by atoms with Crippen LogP contribution >= 0.6 is 0 Å². The maximum absolute atomic E-state index is 12.6. The van der Waals surface area contributed by atoms with Crippen LogP contribution in [0, 0.1) is 17.0 Å². The second-order valence-corrected chi connectivity index (χ2v) is 3.33. The Morgan fingerprint density at radius 2 is 2.22 bits per heavy atom. The zero-order chi connectivity index (χ0) is 13.9. The summed E-state index contributed by atoms with van der Waals surface area (Å²) in [4.78, 5) is 24.7. The number of aromatic nitrogens is 1. The molecule has 0 atom stereocenters. The third-order valence-electron chi connectivity index (χ3n) is 2.14. The van der Waals surface area contributed by atoms with Crippen LogP contribution in [0.1, 0.15) is 35.0 Å². The fourth-order valence-electron chi connectivity index (χ4n) is 1.41. The number of pyridine rings is 1. The van der Waals surface area contributed by atoms with E-state index in [4.69, 9.17) is 0 Å². The lowest BCUT2D eigenvalue weighted by Gasteiger charge is -2.08. The molecule has 0 aromatic carbocycles. The van der Waals surface area contributed by atoms with Crippen molar-refractivity contribution >= 4 is 11.7 Å². The van der Waals surface area contributed by atoms with E-state index < -0.39 is 34.3 Å². The van der Waals surface area contributed by atoms with Crippen molar-refractivity contribution in [3.05, 3.63) is 33.1 Å². The van der Waals surface area contributed by atoms with Gasteiger partial charge >= 0.3 is 11.7 Å². The monoisotopic (exact) mass is 260 g/mol. The van der Waals surface area contributed by atoms with Crippen molar-refractivity contribution in [2.45, 2.75) is 20.3 Å². The quantitative estimate of drug-likeness (QED) is 0.471. The summed E-state index contributed by atoms with van der Waals surface area (Å²) >= 11 is 0. The number of esters is 1. The van der Waals surface area contributed by atoms with Gasteiger partial charge in [-0.15, -0.1) is 0 Å². The summed E-state index contributed by atoms with van der Waals surface area (Å²) in [5, 5.41) is 10.8. The topological polar surface area (TPSA) is 82.3 Å². The first kappa shape index (κ1) is 13.9. The molecule has 0 bridgehead atoms. The second kappa shape index (κ2) is 5.48. The highest BCUT2D eigenvalue weighted by atomic mass is 19.3. The zero-order valence-electron chi connectivity index (χ0n) is 9.65. The largest absolute Gasteiger partial charge is 0.462 e. The number of hydrogen-bond donors (Lipinski definition) is 0. The Balaban J connectivity index is 3.51. The zero-order valence-corrected chi connectivity index (χ0v) is 9.65. The van der Waals surface area contributed by atoms with Gasteiger partial charge in [0.2, 0.25) is 0 Å². The van der Waals surface area contributed by atoms with Gasteiger partial charge in [0.25, 0.3) is 6.43 Å². The standard InChI is InChI=1S/C10H10F2N2O4/c1-3-18-10(15)6-5(2)4-13-7(9(11)12)8(6)14(16)17/h4,9H,3H2,1-2H3. The van der Waals surface area contributed by atoms with Gasteiger partial charge in [0, 0.05) is 6.20 Å². The Morgan fingerprint density at radius 1 is 1.61 bits per heavy atom. The molecule has 1 aromatic heterocycles. The number of hydrogen-bond acceptors (Lipinski definition) is 5. The number of nitrogens with zero attached hydrogens (tertiary/aromatic N) is 2. The molecule has 1 rings (SSSR count). The van der Waals surface area contributed by atoms with Crippen LogP contribution in [0.4, 0.5) is 14.5 Å². The molecule has 0 N–H and O–H groups in total. The minimum absolute atomic E-state index is 0.0121. The molecule has 0 aliphatic rings. The molecule has 0 radical (unpaired) electrons. The van der Waals surface area contributed by atoms with Crippen molar-refractivity contribution in [2.24, 2.45) is 0 Å². The average Bonchev–Trinajstić information content (AvgIpc) is 2.27. The van der Waals surface area contributed by atoms with E-state index >= 15 is 0 Å². The van der Waals surface area contributed by atoms with Gasteiger partial charge in [-0.05, 0) is 19.4 Å². The minimum Gasteiger partial charge on any atom is -0.462 e. The molecule has 98 valence electrons. The van der Waals surface area contributed by atoms with Crippen LogP contribution in [-0.2, 0) is 4.74 Å². The van der Waals surface area contributed by atoms with Crippen LogP contribution in [0.2, 0.25) is 0 Å². The third kappa shape index (κ3) is 2.58. The van der Waals surface area contributed by atoms with E-state index in [2.05, 4.69) is 9.72 Å². The Hall–Kier alpha value is -2.12. The Bertz CT molecular complexity index is 491. The predicted molar refractivity (Wildman–Crippen MR) is 56.5 cm³/mol. The number of aryl methyl sites for hydroxylation is 1. The van der Waals surface area contributed by atoms with E-state index in [0.29, 0.717) is 0 Å². The smallest absolute Gasteiger partial charge is 0.345 e. The molecule has 6 nitrogen and oxygen atoms in total. The minimum atomic E-state index is -3.14. The van der Waals surface area contributed by atoms with Crippen LogP contribution < -0.4 is 0 Å². The highest BCUT2D eigenvalue weighted by molar-refractivity contribution is 5.95. The SMILES string of the molecule is CCOC(=O)c1c(C)cnc(C(F)F)c1[N+](=O)[O-]. The third-order valence-corrected chi connectivity index (χ3v) is 2.14. The molecule has 8 heteroatoms. The predicted octanol–water partition coefficient (Wildman–Crippen LogP) is 2.41. The number of nitro groups is 1. The highest BCUT2D eigenvalue weighted by Crippen LogP contribution is 2.32. The van der Waals surface area contributed by atoms with Crippen molar-refractivity contribution < 1.29 is 23.2 Å². The van der Waals surface area contributed by atoms with Crippen molar-refractivity contribution in [1.29, 1.82) is 0 Å². The fourth-order valence-corrected chi connectivity index (χ4v) is 1.41. The van der Waals surface area contributed by atoms with Gasteiger partial charge in [0.15, 0.2) is 5.69 Å². The van der Waals surface area contributed by atoms with Crippen LogP contribution in [0.25, 0.3) is 0 Å². The van der Waals surface area contributed by atoms with Crippen molar-refractivity contribution in [2.75, 3.05) is 6.61 Å². The molecule has 0 fully saturated rings. The van der Waals surface area contributed by atoms with Crippen LogP contribution in [0.3, 0.4) is 0 Å². The lowest BCUT2D eigenvalue weighted by Crippen LogP contribution is -2.13. The van der Waals surface area contributed by atoms with Crippen molar-refractivity contribution in [3.8, 4) is 0 Å². The van der Waals surface area contributed by atoms with E-state index in [9.17, 15) is 23.7 Å². The molecule has 0 saturated heterocycles. The maximum Gasteiger partial charge on any atom is 0.345 e. The Kier molecular flexibility index (Phi) is 4.24. The molecular weight excluding hydrogens is 250 g/mol. The number of carbonyl (C=O) groups is 1. The van der Waals surface area contributed by atoms with E-state index in [1.807, 2.05) is 0 Å². The maximum atomic E-state index is 12.6. The first-order valence-corrected chi connectivity index (χ1v) is 4.99. The molecule has 1 heterocycles. The number of ether oxygens (including phenoxy) is 1. The highest BCUT2D eigenvalue weighted by Gasteiger charge is 2.32. The molecule has 0 spiro atoms. The number of rotatable bonds is 4. The normalized spacial score (nSPS) is 10.5. The summed E-state index contributed by atoms with van der Waals surface area (Å²) in [6.45, 7) is 2.86. The number of alkyl halides is 2. The molecule has 18 heavy (non-hydrogen) atoms. The van der Waals surface area contributed by atoms with Gasteiger partial charge in [0.05, 0.1) is 11.5 Å². The summed E-state index contributed by atoms with van der Waals surface area (Å²) in [5.41, 5.74) is -2.39. The van der Waals surface area contributed by atoms with Gasteiger partial charge in [-0.25, -0.2) is 18.6 Å². The molecule has 1 aromatic rings. The summed E-state index contributed by atoms with van der Waals surface area (Å²) < 4.78 is 29.9. The van der Waals surface area contributed by atoms with Gasteiger partial charge < -0.3 is 4.74 Å². The van der Waals surface area contributed by atoms with Gasteiger partial charge in [-0.1, -0.05) is 0 Å². The summed E-state index contributed by atoms with van der Waals surface area (Å²) in [5.74, 6) is -1.01. The van der Waals surface area contributed by atoms with Crippen LogP contribution in [-0.4, -0.2) is 22.5 Å². The Morgan fingerprint density at radius 3 is 2.67 bits per heavy atom. The summed E-state index contributed by atoms with van der Waals surface area (Å²) in [7, 11) is 0. The Labute approximate surface area is 101 Å². The molecular formula is C10H10F2N2O4. The van der Waals surface area contributed by atoms with Crippen molar-refractivity contribution in [1.82, 2.24) is 4.98 Å². The van der Waals surface area contributed by atoms with E-state index in [0.717, 1.165) is 6.20 Å². The summed E-state index contributed by atoms with van der Waals surface area (Å²) in [6, 6.07) is 0. The van der Waals surface area contributed by atoms with Gasteiger partial charge in [-0.3, -0.25) is 10.1 Å². The number of halogens is 2. The van der Waals surface area contributed by atoms with Gasteiger partial charge in [-0.2, -0.15) is 0 Å². The van der Waals surface area contributed by atoms with E-state index in [-0.39, 0.29) is 12.2 Å². The summed E-state index contributed by atoms with van der Waals surface area (Å²) in [6.07, 6.45) is -2.15. The van der Waals surface area contributed by atoms with Crippen LogP contribution in [0.5, 0.6) is 0 Å². The van der Waals surface area contributed by atoms with E-state index in [1.165, 1.54) is 13.8 Å². The lowest BCUT2D eigenvalue weighted by molar-refractivity contribution is -0.387.